The van der Waals surface area contributed by atoms with Crippen molar-refractivity contribution < 1.29 is 9.90 Å². The Balaban J connectivity index is 1.69. The maximum Gasteiger partial charge on any atom is 0.133 e. The SMILES string of the molecule is CC(=O)[C@H]1[C@H](C(C)C)C[C@H]2[C@@H]3CC=C4C[C@@H](O)CC[C@]4(C)[C@H]3CC[C@@]21C. The highest BCUT2D eigenvalue weighted by atomic mass is 16.3. The Morgan fingerprint density at radius 3 is 2.58 bits per heavy atom. The molecule has 4 aliphatic carbocycles. The highest BCUT2D eigenvalue weighted by Crippen LogP contribution is 2.68. The molecule has 4 aliphatic rings. The summed E-state index contributed by atoms with van der Waals surface area (Å²) in [4.78, 5) is 12.7. The lowest BCUT2D eigenvalue weighted by atomic mass is 9.47. The largest absolute Gasteiger partial charge is 0.393 e. The van der Waals surface area contributed by atoms with Gasteiger partial charge in [0.15, 0.2) is 0 Å². The summed E-state index contributed by atoms with van der Waals surface area (Å²) >= 11 is 0. The summed E-state index contributed by atoms with van der Waals surface area (Å²) in [7, 11) is 0. The van der Waals surface area contributed by atoms with Crippen LogP contribution in [-0.2, 0) is 4.79 Å². The fourth-order valence-electron chi connectivity index (χ4n) is 8.16. The van der Waals surface area contributed by atoms with Gasteiger partial charge in [0.1, 0.15) is 5.78 Å². The van der Waals surface area contributed by atoms with Gasteiger partial charge in [-0.05, 0) is 92.3 Å². The zero-order valence-corrected chi connectivity index (χ0v) is 17.4. The summed E-state index contributed by atoms with van der Waals surface area (Å²) in [6.07, 6.45) is 10.3. The summed E-state index contributed by atoms with van der Waals surface area (Å²) in [6, 6.07) is 0. The first kappa shape index (κ1) is 18.7. The van der Waals surface area contributed by atoms with Gasteiger partial charge in [0.05, 0.1) is 6.10 Å². The number of aliphatic hydroxyl groups is 1. The zero-order chi connectivity index (χ0) is 18.9. The van der Waals surface area contributed by atoms with Crippen LogP contribution < -0.4 is 0 Å². The van der Waals surface area contributed by atoms with E-state index in [0.29, 0.717) is 29.0 Å². The van der Waals surface area contributed by atoms with Crippen LogP contribution in [-0.4, -0.2) is 17.0 Å². The van der Waals surface area contributed by atoms with Crippen molar-refractivity contribution in [1.29, 1.82) is 0 Å². The van der Waals surface area contributed by atoms with Crippen molar-refractivity contribution in [2.24, 2.45) is 46.3 Å². The van der Waals surface area contributed by atoms with Gasteiger partial charge in [-0.25, -0.2) is 0 Å². The second-order valence-corrected chi connectivity index (χ2v) is 10.9. The first-order chi connectivity index (χ1) is 12.2. The van der Waals surface area contributed by atoms with Crippen LogP contribution >= 0.6 is 0 Å². The van der Waals surface area contributed by atoms with E-state index in [2.05, 4.69) is 33.8 Å². The Morgan fingerprint density at radius 1 is 1.19 bits per heavy atom. The van der Waals surface area contributed by atoms with E-state index in [1.165, 1.54) is 25.7 Å². The Morgan fingerprint density at radius 2 is 1.92 bits per heavy atom. The van der Waals surface area contributed by atoms with Gasteiger partial charge in [-0.1, -0.05) is 39.3 Å². The van der Waals surface area contributed by atoms with Crippen molar-refractivity contribution in [2.45, 2.75) is 85.7 Å². The van der Waals surface area contributed by atoms with E-state index in [1.807, 2.05) is 6.92 Å². The summed E-state index contributed by atoms with van der Waals surface area (Å²) in [6.45, 7) is 11.4. The van der Waals surface area contributed by atoms with Gasteiger partial charge < -0.3 is 5.11 Å². The number of aliphatic hydroxyl groups excluding tert-OH is 1. The third kappa shape index (κ3) is 2.50. The number of carbonyl (C=O) groups is 1. The lowest BCUT2D eigenvalue weighted by Gasteiger charge is -2.57. The predicted molar refractivity (Wildman–Crippen MR) is 106 cm³/mol. The van der Waals surface area contributed by atoms with Gasteiger partial charge in [-0.15, -0.1) is 0 Å². The van der Waals surface area contributed by atoms with Gasteiger partial charge in [0.2, 0.25) is 0 Å². The molecule has 1 N–H and O–H groups in total. The van der Waals surface area contributed by atoms with Crippen molar-refractivity contribution in [3.63, 3.8) is 0 Å². The number of hydrogen-bond acceptors (Lipinski definition) is 2. The smallest absolute Gasteiger partial charge is 0.133 e. The molecule has 8 atom stereocenters. The van der Waals surface area contributed by atoms with Crippen LogP contribution in [0.2, 0.25) is 0 Å². The number of Topliss-reactive ketones (excluding diaryl/α,β-unsaturated/α-hetero) is 1. The number of rotatable bonds is 2. The van der Waals surface area contributed by atoms with Crippen LogP contribution in [0.4, 0.5) is 0 Å². The van der Waals surface area contributed by atoms with Crippen molar-refractivity contribution in [3.05, 3.63) is 11.6 Å². The molecular formula is C24H38O2. The molecule has 146 valence electrons. The molecule has 4 rings (SSSR count). The average molecular weight is 359 g/mol. The van der Waals surface area contributed by atoms with E-state index < -0.39 is 0 Å². The summed E-state index contributed by atoms with van der Waals surface area (Å²) in [5.74, 6) is 4.05. The third-order valence-electron chi connectivity index (χ3n) is 9.47. The molecule has 0 aliphatic heterocycles. The zero-order valence-electron chi connectivity index (χ0n) is 17.4. The molecule has 0 radical (unpaired) electrons. The lowest BCUT2D eigenvalue weighted by molar-refractivity contribution is -0.129. The topological polar surface area (TPSA) is 37.3 Å². The molecular weight excluding hydrogens is 320 g/mol. The molecule has 26 heavy (non-hydrogen) atoms. The van der Waals surface area contributed by atoms with Crippen LogP contribution in [0.5, 0.6) is 0 Å². The van der Waals surface area contributed by atoms with Crippen LogP contribution in [0.15, 0.2) is 11.6 Å². The molecule has 3 saturated carbocycles. The van der Waals surface area contributed by atoms with E-state index in [1.54, 1.807) is 5.57 Å². The maximum absolute atomic E-state index is 12.7. The normalized spacial score (nSPS) is 50.7. The van der Waals surface area contributed by atoms with Crippen LogP contribution in [0.25, 0.3) is 0 Å². The Bertz CT molecular complexity index is 620. The fourth-order valence-corrected chi connectivity index (χ4v) is 8.16. The average Bonchev–Trinajstić information content (AvgIpc) is 2.89. The summed E-state index contributed by atoms with van der Waals surface area (Å²) in [5.41, 5.74) is 2.05. The van der Waals surface area contributed by atoms with E-state index in [4.69, 9.17) is 0 Å². The van der Waals surface area contributed by atoms with Gasteiger partial charge in [0.25, 0.3) is 0 Å². The highest BCUT2D eigenvalue weighted by molar-refractivity contribution is 5.80. The highest BCUT2D eigenvalue weighted by Gasteiger charge is 2.62. The molecule has 0 amide bonds. The molecule has 2 nitrogen and oxygen atoms in total. The van der Waals surface area contributed by atoms with Crippen molar-refractivity contribution >= 4 is 5.78 Å². The molecule has 0 aromatic rings. The lowest BCUT2D eigenvalue weighted by Crippen LogP contribution is -2.51. The second kappa shape index (κ2) is 6.19. The molecule has 0 aromatic heterocycles. The molecule has 0 heterocycles. The van der Waals surface area contributed by atoms with Crippen molar-refractivity contribution in [1.82, 2.24) is 0 Å². The minimum absolute atomic E-state index is 0.126. The maximum atomic E-state index is 12.7. The van der Waals surface area contributed by atoms with Gasteiger partial charge >= 0.3 is 0 Å². The van der Waals surface area contributed by atoms with E-state index in [0.717, 1.165) is 31.1 Å². The monoisotopic (exact) mass is 358 g/mol. The first-order valence-electron chi connectivity index (χ1n) is 11.1. The van der Waals surface area contributed by atoms with Crippen LogP contribution in [0.3, 0.4) is 0 Å². The number of fused-ring (bicyclic) bond motifs is 5. The van der Waals surface area contributed by atoms with Gasteiger partial charge in [0, 0.05) is 5.92 Å². The number of allylic oxidation sites excluding steroid dienone is 1. The van der Waals surface area contributed by atoms with Crippen molar-refractivity contribution in [2.75, 3.05) is 0 Å². The van der Waals surface area contributed by atoms with Gasteiger partial charge in [-0.2, -0.15) is 0 Å². The standard InChI is InChI=1S/C24H38O2/c1-14(2)19-13-21-18-7-6-16-12-17(26)8-10-23(16,4)20(18)9-11-24(21,5)22(19)15(3)25/h6,14,17-22,26H,7-13H2,1-5H3/t17-,18+,19-,20-,21-,22-,23-,24-/m0/s1. The number of carbonyl (C=O) groups excluding carboxylic acids is 1. The second-order valence-electron chi connectivity index (χ2n) is 10.9. The molecule has 0 aromatic carbocycles. The molecule has 0 bridgehead atoms. The van der Waals surface area contributed by atoms with E-state index in [-0.39, 0.29) is 17.4 Å². The quantitative estimate of drug-likeness (QED) is 0.671. The van der Waals surface area contributed by atoms with E-state index in [9.17, 15) is 9.90 Å². The van der Waals surface area contributed by atoms with Crippen LogP contribution in [0, 0.1) is 46.3 Å². The summed E-state index contributed by atoms with van der Waals surface area (Å²) in [5, 5.41) is 10.2. The predicted octanol–water partition coefficient (Wildman–Crippen LogP) is 5.40. The minimum atomic E-state index is -0.126. The minimum Gasteiger partial charge on any atom is -0.393 e. The molecule has 3 fully saturated rings. The third-order valence-corrected chi connectivity index (χ3v) is 9.47. The van der Waals surface area contributed by atoms with Gasteiger partial charge in [-0.3, -0.25) is 4.79 Å². The Hall–Kier alpha value is -0.630. The Kier molecular flexibility index (Phi) is 4.46. The molecule has 0 saturated heterocycles. The molecule has 0 spiro atoms. The number of hydrogen-bond donors (Lipinski definition) is 1. The van der Waals surface area contributed by atoms with Crippen molar-refractivity contribution in [3.8, 4) is 0 Å². The van der Waals surface area contributed by atoms with Crippen LogP contribution in [0.1, 0.15) is 79.6 Å². The first-order valence-corrected chi connectivity index (χ1v) is 11.1. The fraction of sp³-hybridized carbons (Fsp3) is 0.875. The van der Waals surface area contributed by atoms with E-state index >= 15 is 0 Å². The Labute approximate surface area is 159 Å². The summed E-state index contributed by atoms with van der Waals surface area (Å²) < 4.78 is 0. The molecule has 2 heteroatoms. The number of ketones is 1. The molecule has 0 unspecified atom stereocenters.